The maximum Gasteiger partial charge on any atom is 0.243 e. The Kier molecular flexibility index (Phi) is 8.42. The van der Waals surface area contributed by atoms with Crippen LogP contribution in [0.1, 0.15) is 32.8 Å². The molecule has 0 saturated carbocycles. The largest absolute Gasteiger partial charge is 0.324 e. The summed E-state index contributed by atoms with van der Waals surface area (Å²) in [6, 6.07) is 18.4. The molecule has 0 aliphatic carbocycles. The van der Waals surface area contributed by atoms with Crippen LogP contribution < -0.4 is 5.73 Å². The van der Waals surface area contributed by atoms with Crippen molar-refractivity contribution in [2.75, 3.05) is 13.1 Å². The summed E-state index contributed by atoms with van der Waals surface area (Å²) in [6.45, 7) is 7.09. The van der Waals surface area contributed by atoms with Crippen LogP contribution in [0.15, 0.2) is 71.6 Å². The lowest BCUT2D eigenvalue weighted by molar-refractivity contribution is 0.323. The van der Waals surface area contributed by atoms with Crippen LogP contribution in [0.5, 0.6) is 0 Å². The summed E-state index contributed by atoms with van der Waals surface area (Å²) >= 11 is 0. The molecule has 2 aromatic carbocycles. The molecule has 152 valence electrons. The van der Waals surface area contributed by atoms with Crippen LogP contribution in [0.3, 0.4) is 0 Å². The van der Waals surface area contributed by atoms with E-state index in [1.807, 2.05) is 55.5 Å². The molecular formula is C23H32N2O2S. The zero-order valence-electron chi connectivity index (χ0n) is 17.0. The van der Waals surface area contributed by atoms with E-state index in [4.69, 9.17) is 5.73 Å². The molecule has 0 fully saturated rings. The van der Waals surface area contributed by atoms with E-state index in [1.54, 1.807) is 28.6 Å². The zero-order valence-corrected chi connectivity index (χ0v) is 17.8. The number of nitrogens with zero attached hydrogens (tertiary/aromatic N) is 1. The van der Waals surface area contributed by atoms with Crippen molar-refractivity contribution in [1.29, 1.82) is 0 Å². The molecule has 2 atom stereocenters. The molecule has 0 aliphatic rings. The Balaban J connectivity index is 2.13. The van der Waals surface area contributed by atoms with Gasteiger partial charge in [-0.05, 0) is 36.0 Å². The first-order chi connectivity index (χ1) is 13.3. The first-order valence-corrected chi connectivity index (χ1v) is 11.3. The molecule has 0 bridgehead atoms. The first kappa shape index (κ1) is 22.3. The standard InChI is InChI=1S/C23H32N2O2S/c1-19(2)16-17-25(28(26,27)22-12-8-5-9-13-22)18-20(3)23(24)15-14-21-10-6-4-7-11-21/h4-15,19-20,23H,16-18,24H2,1-3H3. The molecule has 0 spiro atoms. The lowest BCUT2D eigenvalue weighted by atomic mass is 10.0. The Hall–Kier alpha value is -1.95. The van der Waals surface area contributed by atoms with Crippen LogP contribution in [0.25, 0.3) is 6.08 Å². The molecule has 4 nitrogen and oxygen atoms in total. The van der Waals surface area contributed by atoms with Crippen LogP contribution in [-0.2, 0) is 10.0 Å². The Bertz CT molecular complexity index is 833. The summed E-state index contributed by atoms with van der Waals surface area (Å²) in [5, 5.41) is 0. The summed E-state index contributed by atoms with van der Waals surface area (Å²) in [6.07, 6.45) is 4.76. The van der Waals surface area contributed by atoms with Gasteiger partial charge in [-0.2, -0.15) is 4.31 Å². The van der Waals surface area contributed by atoms with Crippen LogP contribution in [0.2, 0.25) is 0 Å². The number of hydrogen-bond donors (Lipinski definition) is 1. The second-order valence-electron chi connectivity index (χ2n) is 7.68. The van der Waals surface area contributed by atoms with Crippen molar-refractivity contribution in [3.8, 4) is 0 Å². The zero-order chi connectivity index (χ0) is 20.6. The van der Waals surface area contributed by atoms with Gasteiger partial charge in [0.05, 0.1) is 4.90 Å². The second-order valence-corrected chi connectivity index (χ2v) is 9.62. The van der Waals surface area contributed by atoms with E-state index in [-0.39, 0.29) is 12.0 Å². The van der Waals surface area contributed by atoms with Crippen LogP contribution in [0, 0.1) is 11.8 Å². The molecule has 5 heteroatoms. The predicted octanol–water partition coefficient (Wildman–Crippen LogP) is 4.40. The topological polar surface area (TPSA) is 63.4 Å². The smallest absolute Gasteiger partial charge is 0.243 e. The molecule has 0 aromatic heterocycles. The van der Waals surface area contributed by atoms with Gasteiger partial charge in [0, 0.05) is 19.1 Å². The summed E-state index contributed by atoms with van der Waals surface area (Å²) in [4.78, 5) is 0.333. The highest BCUT2D eigenvalue weighted by Crippen LogP contribution is 2.20. The molecule has 0 amide bonds. The van der Waals surface area contributed by atoms with Gasteiger partial charge < -0.3 is 5.73 Å². The molecule has 0 saturated heterocycles. The van der Waals surface area contributed by atoms with Crippen molar-refractivity contribution in [1.82, 2.24) is 4.31 Å². The normalized spacial score (nSPS) is 14.6. The van der Waals surface area contributed by atoms with Gasteiger partial charge in [0.2, 0.25) is 10.0 Å². The Morgan fingerprint density at radius 3 is 2.11 bits per heavy atom. The Labute approximate surface area is 170 Å². The molecule has 0 aliphatic heterocycles. The molecule has 2 unspecified atom stereocenters. The predicted molar refractivity (Wildman–Crippen MR) is 117 cm³/mol. The summed E-state index contributed by atoms with van der Waals surface area (Å²) in [5.74, 6) is 0.418. The first-order valence-electron chi connectivity index (χ1n) is 9.84. The highest BCUT2D eigenvalue weighted by molar-refractivity contribution is 7.89. The van der Waals surface area contributed by atoms with Crippen molar-refractivity contribution in [2.24, 2.45) is 17.6 Å². The van der Waals surface area contributed by atoms with E-state index < -0.39 is 10.0 Å². The minimum atomic E-state index is -3.54. The molecule has 28 heavy (non-hydrogen) atoms. The quantitative estimate of drug-likeness (QED) is 0.643. The third-order valence-corrected chi connectivity index (χ3v) is 6.68. The number of rotatable bonds is 10. The number of nitrogens with two attached hydrogens (primary N) is 1. The fourth-order valence-electron chi connectivity index (χ4n) is 2.87. The van der Waals surface area contributed by atoms with E-state index in [0.717, 1.165) is 12.0 Å². The van der Waals surface area contributed by atoms with E-state index in [0.29, 0.717) is 23.9 Å². The maximum atomic E-state index is 13.1. The molecule has 0 radical (unpaired) electrons. The van der Waals surface area contributed by atoms with E-state index in [9.17, 15) is 8.42 Å². The molecule has 2 aromatic rings. The van der Waals surface area contributed by atoms with Crippen molar-refractivity contribution < 1.29 is 8.42 Å². The van der Waals surface area contributed by atoms with Crippen molar-refractivity contribution in [2.45, 2.75) is 38.1 Å². The van der Waals surface area contributed by atoms with Gasteiger partial charge in [0.15, 0.2) is 0 Å². The third-order valence-electron chi connectivity index (χ3n) is 4.80. The Morgan fingerprint density at radius 2 is 1.54 bits per heavy atom. The summed E-state index contributed by atoms with van der Waals surface area (Å²) < 4.78 is 27.9. The van der Waals surface area contributed by atoms with Crippen LogP contribution in [0.4, 0.5) is 0 Å². The summed E-state index contributed by atoms with van der Waals surface area (Å²) in [7, 11) is -3.54. The fourth-order valence-corrected chi connectivity index (χ4v) is 4.45. The van der Waals surface area contributed by atoms with Crippen LogP contribution >= 0.6 is 0 Å². The average Bonchev–Trinajstić information content (AvgIpc) is 2.70. The maximum absolute atomic E-state index is 13.1. The van der Waals surface area contributed by atoms with Gasteiger partial charge in [-0.25, -0.2) is 8.42 Å². The highest BCUT2D eigenvalue weighted by Gasteiger charge is 2.27. The average molecular weight is 401 g/mol. The van der Waals surface area contributed by atoms with E-state index in [1.165, 1.54) is 0 Å². The van der Waals surface area contributed by atoms with Crippen LogP contribution in [-0.4, -0.2) is 31.9 Å². The van der Waals surface area contributed by atoms with Gasteiger partial charge >= 0.3 is 0 Å². The molecule has 2 rings (SSSR count). The molecule has 2 N–H and O–H groups in total. The van der Waals surface area contributed by atoms with Gasteiger partial charge in [0.25, 0.3) is 0 Å². The van der Waals surface area contributed by atoms with Crippen molar-refractivity contribution in [3.05, 3.63) is 72.3 Å². The van der Waals surface area contributed by atoms with Gasteiger partial charge in [0.1, 0.15) is 0 Å². The van der Waals surface area contributed by atoms with Crippen molar-refractivity contribution >= 4 is 16.1 Å². The van der Waals surface area contributed by atoms with Gasteiger partial charge in [-0.3, -0.25) is 0 Å². The van der Waals surface area contributed by atoms with Crippen molar-refractivity contribution in [3.63, 3.8) is 0 Å². The minimum absolute atomic E-state index is 0.00869. The SMILES string of the molecule is CC(C)CCN(CC(C)C(N)C=Cc1ccccc1)S(=O)(=O)c1ccccc1. The molecular weight excluding hydrogens is 368 g/mol. The minimum Gasteiger partial charge on any atom is -0.324 e. The van der Waals surface area contributed by atoms with E-state index >= 15 is 0 Å². The summed E-state index contributed by atoms with van der Waals surface area (Å²) in [5.41, 5.74) is 7.43. The monoisotopic (exact) mass is 400 g/mol. The Morgan fingerprint density at radius 1 is 0.964 bits per heavy atom. The number of benzene rings is 2. The molecule has 0 heterocycles. The van der Waals surface area contributed by atoms with Gasteiger partial charge in [-0.1, -0.05) is 81.5 Å². The van der Waals surface area contributed by atoms with Gasteiger partial charge in [-0.15, -0.1) is 0 Å². The third kappa shape index (κ3) is 6.59. The lowest BCUT2D eigenvalue weighted by Gasteiger charge is -2.28. The number of hydrogen-bond acceptors (Lipinski definition) is 3. The van der Waals surface area contributed by atoms with E-state index in [2.05, 4.69) is 13.8 Å². The second kappa shape index (κ2) is 10.6. The number of sulfonamides is 1. The lowest BCUT2D eigenvalue weighted by Crippen LogP contribution is -2.41. The fraction of sp³-hybridized carbons (Fsp3) is 0.391. The highest BCUT2D eigenvalue weighted by atomic mass is 32.2.